The summed E-state index contributed by atoms with van der Waals surface area (Å²) in [5.41, 5.74) is 10.4. The topological polar surface area (TPSA) is 132 Å². The maximum absolute atomic E-state index is 12.9. The number of fused-ring (bicyclic) bond motifs is 2. The third-order valence-corrected chi connectivity index (χ3v) is 5.55. The zero-order valence-electron chi connectivity index (χ0n) is 17.8. The molecule has 0 aliphatic heterocycles. The van der Waals surface area contributed by atoms with Gasteiger partial charge in [-0.1, -0.05) is 25.1 Å². The van der Waals surface area contributed by atoms with Gasteiger partial charge in [0.25, 0.3) is 5.91 Å². The van der Waals surface area contributed by atoms with Crippen molar-refractivity contribution < 1.29 is 4.79 Å². The van der Waals surface area contributed by atoms with Crippen molar-refractivity contribution in [3.8, 4) is 11.1 Å². The van der Waals surface area contributed by atoms with Crippen molar-refractivity contribution in [3.05, 3.63) is 60.2 Å². The number of nitrogen functional groups attached to an aromatic ring is 1. The van der Waals surface area contributed by atoms with Crippen LogP contribution in [-0.4, -0.2) is 46.5 Å². The summed E-state index contributed by atoms with van der Waals surface area (Å²) in [7, 11) is 0. The Hall–Kier alpha value is -4.21. The summed E-state index contributed by atoms with van der Waals surface area (Å²) in [6.45, 7) is 4.56. The van der Waals surface area contributed by atoms with Gasteiger partial charge in [-0.05, 0) is 25.0 Å². The fraction of sp³-hybridized carbons (Fsp3) is 0.227. The molecule has 1 amide bonds. The van der Waals surface area contributed by atoms with Gasteiger partial charge in [0.05, 0.1) is 30.0 Å². The van der Waals surface area contributed by atoms with Crippen LogP contribution in [-0.2, 0) is 6.54 Å². The number of hydrogen-bond donors (Lipinski definition) is 3. The Balaban J connectivity index is 1.50. The Morgan fingerprint density at radius 1 is 1.25 bits per heavy atom. The van der Waals surface area contributed by atoms with Crippen LogP contribution >= 0.6 is 0 Å². The molecule has 5 aromatic rings. The molecule has 1 unspecified atom stereocenters. The third-order valence-electron chi connectivity index (χ3n) is 5.55. The Kier molecular flexibility index (Phi) is 4.81. The average molecular weight is 429 g/mol. The molecule has 32 heavy (non-hydrogen) atoms. The number of H-pyrrole nitrogens is 1. The number of amides is 1. The fourth-order valence-corrected chi connectivity index (χ4v) is 3.67. The van der Waals surface area contributed by atoms with E-state index < -0.39 is 0 Å². The highest BCUT2D eigenvalue weighted by molar-refractivity contribution is 6.01. The van der Waals surface area contributed by atoms with Crippen molar-refractivity contribution in [2.45, 2.75) is 32.9 Å². The monoisotopic (exact) mass is 429 g/mol. The molecule has 4 aromatic heterocycles. The number of pyridine rings is 1. The first-order chi connectivity index (χ1) is 15.5. The van der Waals surface area contributed by atoms with Crippen molar-refractivity contribution in [1.29, 1.82) is 0 Å². The number of carbonyl (C=O) groups is 1. The fourth-order valence-electron chi connectivity index (χ4n) is 3.67. The number of aromatic amines is 1. The molecule has 0 saturated carbocycles. The number of nitrogens with two attached hydrogens (primary N) is 1. The molecule has 1 atom stereocenters. The number of carbonyl (C=O) groups excluding carboxylic acids is 1. The molecule has 4 heterocycles. The summed E-state index contributed by atoms with van der Waals surface area (Å²) in [5, 5.41) is 19.9. The van der Waals surface area contributed by atoms with Crippen LogP contribution in [0.2, 0.25) is 0 Å². The second-order valence-corrected chi connectivity index (χ2v) is 7.84. The molecule has 0 saturated heterocycles. The predicted molar refractivity (Wildman–Crippen MR) is 121 cm³/mol. The average Bonchev–Trinajstić information content (AvgIpc) is 3.51. The first kappa shape index (κ1) is 19.7. The van der Waals surface area contributed by atoms with Crippen LogP contribution in [0.1, 0.15) is 36.2 Å². The van der Waals surface area contributed by atoms with Crippen LogP contribution in [0.25, 0.3) is 27.7 Å². The Morgan fingerprint density at radius 3 is 2.97 bits per heavy atom. The highest BCUT2D eigenvalue weighted by Crippen LogP contribution is 2.24. The van der Waals surface area contributed by atoms with Crippen molar-refractivity contribution in [2.75, 3.05) is 5.73 Å². The van der Waals surface area contributed by atoms with Gasteiger partial charge in [0.1, 0.15) is 0 Å². The summed E-state index contributed by atoms with van der Waals surface area (Å²) in [6, 6.07) is 7.91. The number of anilines is 1. The van der Waals surface area contributed by atoms with Gasteiger partial charge >= 0.3 is 0 Å². The number of nitrogens with zero attached hydrogens (tertiary/aromatic N) is 6. The van der Waals surface area contributed by atoms with Crippen LogP contribution < -0.4 is 11.1 Å². The largest absolute Gasteiger partial charge is 0.366 e. The van der Waals surface area contributed by atoms with Crippen molar-refractivity contribution in [1.82, 2.24) is 39.9 Å². The lowest BCUT2D eigenvalue weighted by atomic mass is 10.1. The predicted octanol–water partition coefficient (Wildman–Crippen LogP) is 2.63. The number of hydrogen-bond acceptors (Lipinski definition) is 6. The molecule has 0 radical (unpaired) electrons. The van der Waals surface area contributed by atoms with Crippen LogP contribution in [0, 0.1) is 0 Å². The van der Waals surface area contributed by atoms with Gasteiger partial charge in [-0.15, -0.1) is 5.10 Å². The number of benzene rings is 1. The van der Waals surface area contributed by atoms with Gasteiger partial charge in [0.2, 0.25) is 5.95 Å². The number of para-hydroxylation sites is 1. The first-order valence-corrected chi connectivity index (χ1v) is 10.4. The molecular weight excluding hydrogens is 406 g/mol. The van der Waals surface area contributed by atoms with E-state index in [1.165, 1.54) is 0 Å². The first-order valence-electron chi connectivity index (χ1n) is 10.4. The van der Waals surface area contributed by atoms with E-state index >= 15 is 0 Å². The molecule has 4 N–H and O–H groups in total. The SMILES string of the molecule is CCC(C)NC(=O)c1cc(-c2cnn(Cc3cccc4cn[nH]c34)c2)cn2nc(N)nc12. The summed E-state index contributed by atoms with van der Waals surface area (Å²) in [4.78, 5) is 17.1. The Morgan fingerprint density at radius 2 is 2.12 bits per heavy atom. The summed E-state index contributed by atoms with van der Waals surface area (Å²) < 4.78 is 3.39. The van der Waals surface area contributed by atoms with Crippen LogP contribution in [0.4, 0.5) is 5.95 Å². The van der Waals surface area contributed by atoms with Crippen molar-refractivity contribution in [3.63, 3.8) is 0 Å². The lowest BCUT2D eigenvalue weighted by molar-refractivity contribution is 0.0940. The highest BCUT2D eigenvalue weighted by atomic mass is 16.1. The van der Waals surface area contributed by atoms with E-state index in [0.29, 0.717) is 17.8 Å². The molecule has 0 aliphatic carbocycles. The van der Waals surface area contributed by atoms with Gasteiger partial charge in [0.15, 0.2) is 5.65 Å². The second kappa shape index (κ2) is 7.80. The maximum Gasteiger partial charge on any atom is 0.255 e. The van der Waals surface area contributed by atoms with E-state index in [0.717, 1.165) is 34.0 Å². The molecule has 0 bridgehead atoms. The van der Waals surface area contributed by atoms with Crippen LogP contribution in [0.15, 0.2) is 49.1 Å². The minimum Gasteiger partial charge on any atom is -0.366 e. The van der Waals surface area contributed by atoms with E-state index in [2.05, 4.69) is 30.7 Å². The van der Waals surface area contributed by atoms with Gasteiger partial charge in [-0.3, -0.25) is 14.6 Å². The quantitative estimate of drug-likeness (QED) is 0.380. The minimum atomic E-state index is -0.211. The number of aromatic nitrogens is 7. The molecular formula is C22H23N9O. The molecule has 10 heteroatoms. The van der Waals surface area contributed by atoms with Crippen molar-refractivity contribution in [2.24, 2.45) is 0 Å². The van der Waals surface area contributed by atoms with E-state index in [1.54, 1.807) is 29.2 Å². The van der Waals surface area contributed by atoms with Crippen LogP contribution in [0.3, 0.4) is 0 Å². The van der Waals surface area contributed by atoms with Gasteiger partial charge in [-0.25, -0.2) is 4.52 Å². The summed E-state index contributed by atoms with van der Waals surface area (Å²) in [6.07, 6.45) is 8.14. The molecule has 5 rings (SSSR count). The normalized spacial score (nSPS) is 12.4. The Bertz CT molecular complexity index is 1430. The van der Waals surface area contributed by atoms with Gasteiger partial charge < -0.3 is 11.1 Å². The van der Waals surface area contributed by atoms with E-state index in [-0.39, 0.29) is 17.9 Å². The molecule has 1 aromatic carbocycles. The van der Waals surface area contributed by atoms with E-state index in [1.807, 2.05) is 42.9 Å². The smallest absolute Gasteiger partial charge is 0.255 e. The highest BCUT2D eigenvalue weighted by Gasteiger charge is 2.18. The zero-order chi connectivity index (χ0) is 22.2. The summed E-state index contributed by atoms with van der Waals surface area (Å²) in [5.74, 6) is -0.0972. The van der Waals surface area contributed by atoms with Crippen LogP contribution in [0.5, 0.6) is 0 Å². The maximum atomic E-state index is 12.9. The zero-order valence-corrected chi connectivity index (χ0v) is 17.8. The lowest BCUT2D eigenvalue weighted by Gasteiger charge is -2.12. The molecule has 10 nitrogen and oxygen atoms in total. The minimum absolute atomic E-state index is 0.0411. The van der Waals surface area contributed by atoms with E-state index in [9.17, 15) is 4.79 Å². The second-order valence-electron chi connectivity index (χ2n) is 7.84. The molecule has 0 aliphatic rings. The lowest BCUT2D eigenvalue weighted by Crippen LogP contribution is -2.32. The number of rotatable bonds is 6. The van der Waals surface area contributed by atoms with E-state index in [4.69, 9.17) is 5.73 Å². The Labute approximate surface area is 183 Å². The standard InChI is InChI=1S/C22H23N9O/c1-3-13(2)26-21(32)18-7-16(12-31-20(18)27-22(23)29-31)17-9-25-30(11-17)10-15-6-4-5-14-8-24-28-19(14)15/h4-9,11-13H,3,10H2,1-2H3,(H2,23,29)(H,24,28)(H,26,32). The third kappa shape index (κ3) is 3.55. The number of nitrogens with one attached hydrogen (secondary N) is 2. The van der Waals surface area contributed by atoms with Gasteiger partial charge in [-0.2, -0.15) is 15.2 Å². The molecule has 0 spiro atoms. The molecule has 162 valence electrons. The van der Waals surface area contributed by atoms with Crippen molar-refractivity contribution >= 4 is 28.4 Å². The van der Waals surface area contributed by atoms with Gasteiger partial charge in [0, 0.05) is 34.9 Å². The summed E-state index contributed by atoms with van der Waals surface area (Å²) >= 11 is 0. The molecule has 0 fully saturated rings.